The zero-order chi connectivity index (χ0) is 22.2. The van der Waals surface area contributed by atoms with Crippen LogP contribution < -0.4 is 15.5 Å². The predicted octanol–water partition coefficient (Wildman–Crippen LogP) is 4.86. The average molecular weight is 419 g/mol. The van der Waals surface area contributed by atoms with E-state index in [-0.39, 0.29) is 5.92 Å². The molecule has 0 spiro atoms. The van der Waals surface area contributed by atoms with Crippen LogP contribution in [0.5, 0.6) is 5.75 Å². The number of benzene rings is 3. The van der Waals surface area contributed by atoms with Crippen LogP contribution in [0.1, 0.15) is 30.5 Å². The normalized spacial score (nSPS) is 11.9. The molecule has 3 N–H and O–H groups in total. The number of hydroxylamine groups is 1. The van der Waals surface area contributed by atoms with Crippen molar-refractivity contribution in [1.82, 2.24) is 10.8 Å². The van der Waals surface area contributed by atoms with Crippen LogP contribution in [-0.4, -0.2) is 17.2 Å². The van der Waals surface area contributed by atoms with Crippen molar-refractivity contribution in [2.24, 2.45) is 5.92 Å². The Morgan fingerprint density at radius 3 is 2.45 bits per heavy atom. The van der Waals surface area contributed by atoms with Gasteiger partial charge in [-0.05, 0) is 52.8 Å². The molecular formula is C26H30N2O3. The fourth-order valence-corrected chi connectivity index (χ4v) is 3.61. The number of carbonyl (C=O) groups excluding carboxylic acids is 1. The first-order chi connectivity index (χ1) is 15.0. The van der Waals surface area contributed by atoms with E-state index < -0.39 is 11.9 Å². The average Bonchev–Trinajstić information content (AvgIpc) is 2.79. The minimum Gasteiger partial charge on any atom is -0.489 e. The molecule has 1 amide bonds. The number of carbonyl (C=O) groups is 1. The third-order valence-corrected chi connectivity index (χ3v) is 5.41. The molecule has 3 aromatic carbocycles. The molecule has 0 aliphatic heterocycles. The Morgan fingerprint density at radius 2 is 1.74 bits per heavy atom. The van der Waals surface area contributed by atoms with Gasteiger partial charge < -0.3 is 10.1 Å². The van der Waals surface area contributed by atoms with E-state index in [1.54, 1.807) is 5.48 Å². The summed E-state index contributed by atoms with van der Waals surface area (Å²) in [6.45, 7) is 6.96. The third kappa shape index (κ3) is 5.94. The van der Waals surface area contributed by atoms with Gasteiger partial charge in [0.25, 0.3) is 5.91 Å². The van der Waals surface area contributed by atoms with E-state index in [1.165, 1.54) is 16.7 Å². The van der Waals surface area contributed by atoms with Crippen molar-refractivity contribution in [3.8, 4) is 16.9 Å². The van der Waals surface area contributed by atoms with Crippen molar-refractivity contribution >= 4 is 5.91 Å². The quantitative estimate of drug-likeness (QED) is 0.343. The van der Waals surface area contributed by atoms with E-state index >= 15 is 0 Å². The highest BCUT2D eigenvalue weighted by Crippen LogP contribution is 2.26. The monoisotopic (exact) mass is 418 g/mol. The van der Waals surface area contributed by atoms with Gasteiger partial charge in [0.1, 0.15) is 12.4 Å². The molecule has 5 heteroatoms. The van der Waals surface area contributed by atoms with Crippen molar-refractivity contribution < 1.29 is 14.7 Å². The second-order valence-electron chi connectivity index (χ2n) is 7.97. The van der Waals surface area contributed by atoms with E-state index in [4.69, 9.17) is 9.94 Å². The summed E-state index contributed by atoms with van der Waals surface area (Å²) >= 11 is 0. The van der Waals surface area contributed by atoms with Crippen molar-refractivity contribution in [2.75, 3.05) is 0 Å². The highest BCUT2D eigenvalue weighted by Gasteiger charge is 2.21. The maximum Gasteiger partial charge on any atom is 0.260 e. The molecule has 0 radical (unpaired) electrons. The van der Waals surface area contributed by atoms with Crippen molar-refractivity contribution in [1.29, 1.82) is 0 Å². The van der Waals surface area contributed by atoms with Crippen LogP contribution in [0.4, 0.5) is 0 Å². The molecule has 1 unspecified atom stereocenters. The lowest BCUT2D eigenvalue weighted by Gasteiger charge is -2.20. The molecule has 0 saturated heterocycles. The molecule has 0 aliphatic rings. The van der Waals surface area contributed by atoms with Crippen LogP contribution in [0.3, 0.4) is 0 Å². The number of hydrogen-bond acceptors (Lipinski definition) is 4. The van der Waals surface area contributed by atoms with E-state index in [0.29, 0.717) is 13.2 Å². The lowest BCUT2D eigenvalue weighted by Crippen LogP contribution is -2.46. The Morgan fingerprint density at radius 1 is 1.00 bits per heavy atom. The van der Waals surface area contributed by atoms with Crippen LogP contribution in [0.25, 0.3) is 11.1 Å². The summed E-state index contributed by atoms with van der Waals surface area (Å²) in [5, 5.41) is 12.1. The first-order valence-corrected chi connectivity index (χ1v) is 10.5. The first-order valence-electron chi connectivity index (χ1n) is 10.5. The zero-order valence-corrected chi connectivity index (χ0v) is 18.3. The summed E-state index contributed by atoms with van der Waals surface area (Å²) in [5.74, 6) is 0.388. The Balaban J connectivity index is 1.66. The molecule has 0 fully saturated rings. The molecule has 31 heavy (non-hydrogen) atoms. The first kappa shape index (κ1) is 22.5. The summed E-state index contributed by atoms with van der Waals surface area (Å²) in [6.07, 6.45) is 0. The van der Waals surface area contributed by atoms with Gasteiger partial charge in [0.05, 0.1) is 6.04 Å². The van der Waals surface area contributed by atoms with Gasteiger partial charge in [-0.2, -0.15) is 0 Å². The molecule has 5 nitrogen and oxygen atoms in total. The van der Waals surface area contributed by atoms with Crippen LogP contribution >= 0.6 is 0 Å². The number of nitrogens with one attached hydrogen (secondary N) is 2. The van der Waals surface area contributed by atoms with Gasteiger partial charge in [-0.25, -0.2) is 5.48 Å². The summed E-state index contributed by atoms with van der Waals surface area (Å²) in [6, 6.07) is 24.0. The highest BCUT2D eigenvalue weighted by atomic mass is 16.5. The minimum atomic E-state index is -0.474. The van der Waals surface area contributed by atoms with E-state index in [0.717, 1.165) is 16.9 Å². The smallest absolute Gasteiger partial charge is 0.260 e. The van der Waals surface area contributed by atoms with Crippen LogP contribution in [0, 0.1) is 12.8 Å². The van der Waals surface area contributed by atoms with Gasteiger partial charge in [0.15, 0.2) is 0 Å². The fourth-order valence-electron chi connectivity index (χ4n) is 3.61. The lowest BCUT2D eigenvalue weighted by molar-refractivity contribution is -0.132. The Bertz CT molecular complexity index is 1000. The minimum absolute atomic E-state index is 0.0476. The molecule has 0 aromatic heterocycles. The molecule has 0 heterocycles. The Hall–Kier alpha value is -3.15. The molecular weight excluding hydrogens is 388 g/mol. The van der Waals surface area contributed by atoms with E-state index in [1.807, 2.05) is 56.3 Å². The number of hydrogen-bond donors (Lipinski definition) is 3. The van der Waals surface area contributed by atoms with E-state index in [2.05, 4.69) is 42.6 Å². The SMILES string of the molecule is Cc1c(COc2cccc(CNC(C(=O)NO)C(C)C)c2)cccc1-c1ccccc1. The molecule has 0 aliphatic carbocycles. The van der Waals surface area contributed by atoms with Gasteiger partial charge in [-0.15, -0.1) is 0 Å². The Kier molecular flexibility index (Phi) is 7.82. The summed E-state index contributed by atoms with van der Waals surface area (Å²) in [4.78, 5) is 11.8. The van der Waals surface area contributed by atoms with Crippen LogP contribution in [0.15, 0.2) is 72.8 Å². The Labute approximate surface area is 184 Å². The maximum atomic E-state index is 11.8. The number of amides is 1. The van der Waals surface area contributed by atoms with E-state index in [9.17, 15) is 4.79 Å². The molecule has 1 atom stereocenters. The fraction of sp³-hybridized carbons (Fsp3) is 0.269. The standard InChI is InChI=1S/C26H30N2O3/c1-18(2)25(26(29)28-30)27-16-20-9-7-13-23(15-20)31-17-22-12-8-14-24(19(22)3)21-10-5-4-6-11-21/h4-15,18,25,27,30H,16-17H2,1-3H3,(H,28,29). The van der Waals surface area contributed by atoms with Gasteiger partial charge in [0.2, 0.25) is 0 Å². The number of rotatable bonds is 9. The van der Waals surface area contributed by atoms with Gasteiger partial charge in [-0.1, -0.05) is 74.5 Å². The third-order valence-electron chi connectivity index (χ3n) is 5.41. The zero-order valence-electron chi connectivity index (χ0n) is 18.3. The van der Waals surface area contributed by atoms with Gasteiger partial charge in [0, 0.05) is 6.54 Å². The highest BCUT2D eigenvalue weighted by molar-refractivity contribution is 5.80. The molecule has 0 saturated carbocycles. The molecule has 3 aromatic rings. The number of ether oxygens (including phenoxy) is 1. The largest absolute Gasteiger partial charge is 0.489 e. The lowest BCUT2D eigenvalue weighted by atomic mass is 9.97. The molecule has 0 bridgehead atoms. The second kappa shape index (κ2) is 10.8. The molecule has 3 rings (SSSR count). The topological polar surface area (TPSA) is 70.6 Å². The summed E-state index contributed by atoms with van der Waals surface area (Å²) in [5.41, 5.74) is 7.49. The van der Waals surface area contributed by atoms with Gasteiger partial charge >= 0.3 is 0 Å². The second-order valence-corrected chi connectivity index (χ2v) is 7.97. The van der Waals surface area contributed by atoms with Crippen LogP contribution in [-0.2, 0) is 17.9 Å². The van der Waals surface area contributed by atoms with Crippen molar-refractivity contribution in [3.63, 3.8) is 0 Å². The van der Waals surface area contributed by atoms with Crippen molar-refractivity contribution in [3.05, 3.63) is 89.5 Å². The van der Waals surface area contributed by atoms with Gasteiger partial charge in [-0.3, -0.25) is 10.0 Å². The summed E-state index contributed by atoms with van der Waals surface area (Å²) in [7, 11) is 0. The van der Waals surface area contributed by atoms with Crippen LogP contribution in [0.2, 0.25) is 0 Å². The summed E-state index contributed by atoms with van der Waals surface area (Å²) < 4.78 is 6.08. The van der Waals surface area contributed by atoms with Crippen molar-refractivity contribution in [2.45, 2.75) is 40.0 Å². The maximum absolute atomic E-state index is 11.8. The predicted molar refractivity (Wildman–Crippen MR) is 123 cm³/mol. The molecule has 162 valence electrons.